The summed E-state index contributed by atoms with van der Waals surface area (Å²) in [6.45, 7) is 3.29. The highest BCUT2D eigenvalue weighted by molar-refractivity contribution is 6.30. The summed E-state index contributed by atoms with van der Waals surface area (Å²) in [5.41, 5.74) is 0.0902. The van der Waals surface area contributed by atoms with Gasteiger partial charge in [-0.05, 0) is 31.2 Å². The summed E-state index contributed by atoms with van der Waals surface area (Å²) in [6, 6.07) is 3.32. The molecule has 1 aromatic heterocycles. The maximum atomic E-state index is 12.8. The molecule has 1 aromatic carbocycles. The molecule has 1 heterocycles. The quantitative estimate of drug-likeness (QED) is 0.859. The SMILES string of the molecule is CCCNCc1cnnn1-c1cc(Cl)cc(C(F)(F)F)c1. The van der Waals surface area contributed by atoms with E-state index < -0.39 is 11.7 Å². The standard InChI is InChI=1S/C13H14ClF3N4/c1-2-3-18-7-12-8-19-20-21(12)11-5-9(13(15,16)17)4-10(14)6-11/h4-6,8,18H,2-3,7H2,1H3. The van der Waals surface area contributed by atoms with Crippen molar-refractivity contribution in [2.24, 2.45) is 0 Å². The molecule has 0 spiro atoms. The smallest absolute Gasteiger partial charge is 0.311 e. The summed E-state index contributed by atoms with van der Waals surface area (Å²) in [6.07, 6.45) is -1.99. The van der Waals surface area contributed by atoms with Gasteiger partial charge in [-0.25, -0.2) is 4.68 Å². The Morgan fingerprint density at radius 3 is 2.71 bits per heavy atom. The van der Waals surface area contributed by atoms with Crippen LogP contribution in [-0.4, -0.2) is 21.5 Å². The van der Waals surface area contributed by atoms with Gasteiger partial charge >= 0.3 is 6.18 Å². The van der Waals surface area contributed by atoms with Gasteiger partial charge in [-0.1, -0.05) is 23.7 Å². The second-order valence-electron chi connectivity index (χ2n) is 4.51. The van der Waals surface area contributed by atoms with Gasteiger partial charge in [0.1, 0.15) is 0 Å². The first-order valence-corrected chi connectivity index (χ1v) is 6.78. The molecule has 0 unspecified atom stereocenters. The molecule has 2 aromatic rings. The van der Waals surface area contributed by atoms with E-state index in [0.29, 0.717) is 12.2 Å². The first kappa shape index (κ1) is 15.8. The Bertz CT molecular complexity index is 610. The van der Waals surface area contributed by atoms with Crippen LogP contribution in [0.25, 0.3) is 5.69 Å². The van der Waals surface area contributed by atoms with Crippen LogP contribution in [0.15, 0.2) is 24.4 Å². The Kier molecular flexibility index (Phi) is 4.84. The van der Waals surface area contributed by atoms with E-state index in [1.807, 2.05) is 6.92 Å². The Balaban J connectivity index is 2.34. The zero-order valence-corrected chi connectivity index (χ0v) is 12.0. The molecule has 114 valence electrons. The average molecular weight is 319 g/mol. The molecule has 0 saturated heterocycles. The fraction of sp³-hybridized carbons (Fsp3) is 0.385. The number of aromatic nitrogens is 3. The zero-order chi connectivity index (χ0) is 15.5. The van der Waals surface area contributed by atoms with Gasteiger partial charge in [0.2, 0.25) is 0 Å². The van der Waals surface area contributed by atoms with Crippen LogP contribution in [0.4, 0.5) is 13.2 Å². The predicted octanol–water partition coefficient (Wildman–Crippen LogP) is 3.44. The van der Waals surface area contributed by atoms with Crippen LogP contribution in [0.3, 0.4) is 0 Å². The number of alkyl halides is 3. The monoisotopic (exact) mass is 318 g/mol. The first-order chi connectivity index (χ1) is 9.91. The largest absolute Gasteiger partial charge is 0.416 e. The average Bonchev–Trinajstić information content (AvgIpc) is 2.86. The fourth-order valence-electron chi connectivity index (χ4n) is 1.85. The van der Waals surface area contributed by atoms with E-state index in [1.54, 1.807) is 0 Å². The van der Waals surface area contributed by atoms with Crippen molar-refractivity contribution < 1.29 is 13.2 Å². The normalized spacial score (nSPS) is 11.9. The molecule has 8 heteroatoms. The summed E-state index contributed by atoms with van der Waals surface area (Å²) in [7, 11) is 0. The topological polar surface area (TPSA) is 42.7 Å². The molecule has 0 bridgehead atoms. The lowest BCUT2D eigenvalue weighted by Gasteiger charge is -2.11. The van der Waals surface area contributed by atoms with Crippen molar-refractivity contribution in [1.29, 1.82) is 0 Å². The highest BCUT2D eigenvalue weighted by Crippen LogP contribution is 2.32. The van der Waals surface area contributed by atoms with E-state index in [9.17, 15) is 13.2 Å². The molecule has 0 atom stereocenters. The van der Waals surface area contributed by atoms with E-state index in [4.69, 9.17) is 11.6 Å². The molecule has 4 nitrogen and oxygen atoms in total. The first-order valence-electron chi connectivity index (χ1n) is 6.40. The molecule has 0 fully saturated rings. The van der Waals surface area contributed by atoms with Crippen molar-refractivity contribution in [3.05, 3.63) is 40.7 Å². The molecule has 2 rings (SSSR count). The predicted molar refractivity (Wildman–Crippen MR) is 73.4 cm³/mol. The van der Waals surface area contributed by atoms with Gasteiger partial charge in [0.05, 0.1) is 23.1 Å². The van der Waals surface area contributed by atoms with Gasteiger partial charge in [-0.3, -0.25) is 0 Å². The van der Waals surface area contributed by atoms with Crippen LogP contribution in [-0.2, 0) is 12.7 Å². The third-order valence-corrected chi connectivity index (χ3v) is 3.03. The molecule has 0 radical (unpaired) electrons. The Labute approximate surface area is 124 Å². The van der Waals surface area contributed by atoms with Gasteiger partial charge in [0.15, 0.2) is 0 Å². The summed E-state index contributed by atoms with van der Waals surface area (Å²) < 4.78 is 39.8. The van der Waals surface area contributed by atoms with E-state index >= 15 is 0 Å². The molecule has 1 N–H and O–H groups in total. The lowest BCUT2D eigenvalue weighted by atomic mass is 10.2. The summed E-state index contributed by atoms with van der Waals surface area (Å²) in [5.74, 6) is 0. The molecule has 0 aliphatic heterocycles. The van der Waals surface area contributed by atoms with Gasteiger partial charge in [0.25, 0.3) is 0 Å². The Hall–Kier alpha value is -1.60. The fourth-order valence-corrected chi connectivity index (χ4v) is 2.08. The number of rotatable bonds is 5. The van der Waals surface area contributed by atoms with E-state index in [1.165, 1.54) is 16.9 Å². The second kappa shape index (κ2) is 6.44. The van der Waals surface area contributed by atoms with Crippen LogP contribution in [0.2, 0.25) is 5.02 Å². The van der Waals surface area contributed by atoms with E-state index in [-0.39, 0.29) is 10.7 Å². The number of hydrogen-bond donors (Lipinski definition) is 1. The van der Waals surface area contributed by atoms with Crippen molar-refractivity contribution in [1.82, 2.24) is 20.3 Å². The van der Waals surface area contributed by atoms with Gasteiger partial charge < -0.3 is 5.32 Å². The summed E-state index contributed by atoms with van der Waals surface area (Å²) in [4.78, 5) is 0. The van der Waals surface area contributed by atoms with Crippen molar-refractivity contribution in [2.45, 2.75) is 26.1 Å². The summed E-state index contributed by atoms with van der Waals surface area (Å²) >= 11 is 5.77. The summed E-state index contributed by atoms with van der Waals surface area (Å²) in [5, 5.41) is 10.7. The van der Waals surface area contributed by atoms with Crippen molar-refractivity contribution in [3.63, 3.8) is 0 Å². The highest BCUT2D eigenvalue weighted by Gasteiger charge is 2.31. The maximum Gasteiger partial charge on any atom is 0.416 e. The number of nitrogens with one attached hydrogen (secondary N) is 1. The Morgan fingerprint density at radius 1 is 1.29 bits per heavy atom. The van der Waals surface area contributed by atoms with Crippen LogP contribution in [0, 0.1) is 0 Å². The molecule has 0 aliphatic rings. The maximum absolute atomic E-state index is 12.8. The molecule has 21 heavy (non-hydrogen) atoms. The molecule has 0 aliphatic carbocycles. The minimum absolute atomic E-state index is 0.00259. The number of hydrogen-bond acceptors (Lipinski definition) is 3. The molecular formula is C13H14ClF3N4. The highest BCUT2D eigenvalue weighted by atomic mass is 35.5. The van der Waals surface area contributed by atoms with Gasteiger partial charge in [-0.15, -0.1) is 5.10 Å². The molecule has 0 saturated carbocycles. The van der Waals surface area contributed by atoms with Crippen molar-refractivity contribution in [2.75, 3.05) is 6.54 Å². The number of benzene rings is 1. The number of halogens is 4. The minimum Gasteiger partial charge on any atom is -0.311 e. The minimum atomic E-state index is -4.46. The van der Waals surface area contributed by atoms with Crippen molar-refractivity contribution >= 4 is 11.6 Å². The van der Waals surface area contributed by atoms with Crippen LogP contribution in [0.5, 0.6) is 0 Å². The lowest BCUT2D eigenvalue weighted by molar-refractivity contribution is -0.137. The van der Waals surface area contributed by atoms with Crippen molar-refractivity contribution in [3.8, 4) is 5.69 Å². The lowest BCUT2D eigenvalue weighted by Crippen LogP contribution is -2.17. The van der Waals surface area contributed by atoms with Crippen LogP contribution >= 0.6 is 11.6 Å². The van der Waals surface area contributed by atoms with Gasteiger partial charge in [-0.2, -0.15) is 13.2 Å². The van der Waals surface area contributed by atoms with E-state index in [2.05, 4.69) is 15.6 Å². The van der Waals surface area contributed by atoms with Crippen LogP contribution in [0.1, 0.15) is 24.6 Å². The number of nitrogens with zero attached hydrogens (tertiary/aromatic N) is 3. The third kappa shape index (κ3) is 3.95. The molecule has 0 amide bonds. The third-order valence-electron chi connectivity index (χ3n) is 2.81. The molecular weight excluding hydrogens is 305 g/mol. The second-order valence-corrected chi connectivity index (χ2v) is 4.95. The van der Waals surface area contributed by atoms with E-state index in [0.717, 1.165) is 25.1 Å². The van der Waals surface area contributed by atoms with Crippen LogP contribution < -0.4 is 5.32 Å². The zero-order valence-electron chi connectivity index (χ0n) is 11.3. The van der Waals surface area contributed by atoms with Gasteiger partial charge in [0, 0.05) is 11.6 Å². The Morgan fingerprint density at radius 2 is 2.05 bits per heavy atom.